The molecule has 2 saturated carbocycles. The van der Waals surface area contributed by atoms with Crippen molar-refractivity contribution in [3.05, 3.63) is 64.4 Å². The van der Waals surface area contributed by atoms with Gasteiger partial charge in [-0.25, -0.2) is 9.69 Å². The summed E-state index contributed by atoms with van der Waals surface area (Å²) in [5, 5.41) is 1.78. The van der Waals surface area contributed by atoms with Crippen molar-refractivity contribution in [2.45, 2.75) is 6.42 Å². The Kier molecular flexibility index (Phi) is 4.05. The van der Waals surface area contributed by atoms with Crippen LogP contribution in [-0.2, 0) is 14.3 Å². The fraction of sp³-hybridized carbons (Fsp3) is 0.333. The summed E-state index contributed by atoms with van der Waals surface area (Å²) in [4.78, 5) is 52.8. The second kappa shape index (κ2) is 6.72. The Morgan fingerprint density at radius 1 is 1.00 bits per heavy atom. The Bertz CT molecular complexity index is 1120. The molecule has 2 amide bonds. The molecule has 7 rings (SSSR count). The lowest BCUT2D eigenvalue weighted by Crippen LogP contribution is -2.40. The van der Waals surface area contributed by atoms with Crippen LogP contribution < -0.4 is 4.90 Å². The number of ketones is 1. The summed E-state index contributed by atoms with van der Waals surface area (Å²) >= 11 is 1.29. The van der Waals surface area contributed by atoms with Crippen molar-refractivity contribution >= 4 is 40.6 Å². The number of nitrogens with zero attached hydrogens (tertiary/aromatic N) is 1. The highest BCUT2D eigenvalue weighted by Gasteiger charge is 2.67. The van der Waals surface area contributed by atoms with E-state index in [1.165, 1.54) is 22.3 Å². The number of imide groups is 1. The van der Waals surface area contributed by atoms with Crippen LogP contribution in [0.2, 0.25) is 0 Å². The Morgan fingerprint density at radius 3 is 2.35 bits per heavy atom. The molecule has 2 aromatic rings. The third kappa shape index (κ3) is 2.76. The van der Waals surface area contributed by atoms with Crippen LogP contribution >= 0.6 is 11.3 Å². The molecule has 1 aliphatic heterocycles. The summed E-state index contributed by atoms with van der Waals surface area (Å²) < 4.78 is 5.16. The number of hydrogen-bond acceptors (Lipinski definition) is 6. The van der Waals surface area contributed by atoms with Gasteiger partial charge in [0.2, 0.25) is 17.6 Å². The zero-order valence-corrected chi connectivity index (χ0v) is 17.3. The summed E-state index contributed by atoms with van der Waals surface area (Å²) in [5.74, 6) is -0.464. The molecule has 2 bridgehead atoms. The molecule has 6 nitrogen and oxygen atoms in total. The molecule has 0 unspecified atom stereocenters. The van der Waals surface area contributed by atoms with Gasteiger partial charge in [-0.05, 0) is 59.7 Å². The van der Waals surface area contributed by atoms with Gasteiger partial charge in [-0.3, -0.25) is 14.4 Å². The molecule has 156 valence electrons. The molecular weight excluding hydrogens is 414 g/mol. The van der Waals surface area contributed by atoms with E-state index < -0.39 is 5.97 Å². The first-order chi connectivity index (χ1) is 15.0. The standard InChI is InChI=1S/C24H19NO5S/c26-18(19-5-2-8-31-19)11-30-24(29)12-3-1-4-13(9-12)25-22(27)20-14-6-7-15(17-10-16(14)17)21(20)23(25)28/h1-9,14-17,20-21H,10-11H2/t14-,15-,16-,17-,20-,21+/m0/s1. The number of amides is 2. The van der Waals surface area contributed by atoms with Crippen LogP contribution in [0.1, 0.15) is 26.5 Å². The molecule has 5 aliphatic rings. The number of anilines is 1. The van der Waals surface area contributed by atoms with Crippen LogP contribution in [0, 0.1) is 35.5 Å². The van der Waals surface area contributed by atoms with Gasteiger partial charge in [0.25, 0.3) is 0 Å². The Morgan fingerprint density at radius 2 is 1.71 bits per heavy atom. The molecule has 31 heavy (non-hydrogen) atoms. The first-order valence-corrected chi connectivity index (χ1v) is 11.3. The monoisotopic (exact) mass is 433 g/mol. The number of allylic oxidation sites excluding steroid dienone is 2. The average molecular weight is 433 g/mol. The maximum absolute atomic E-state index is 13.2. The number of benzene rings is 1. The molecule has 0 radical (unpaired) electrons. The van der Waals surface area contributed by atoms with Gasteiger partial charge in [0, 0.05) is 0 Å². The van der Waals surface area contributed by atoms with Crippen molar-refractivity contribution in [2.24, 2.45) is 35.5 Å². The molecule has 3 fully saturated rings. The molecule has 1 saturated heterocycles. The normalized spacial score (nSPS) is 32.1. The molecule has 1 aromatic heterocycles. The van der Waals surface area contributed by atoms with E-state index in [0.717, 1.165) is 6.42 Å². The van der Waals surface area contributed by atoms with Crippen molar-refractivity contribution in [1.29, 1.82) is 0 Å². The zero-order valence-electron chi connectivity index (χ0n) is 16.5. The van der Waals surface area contributed by atoms with E-state index in [1.54, 1.807) is 35.7 Å². The van der Waals surface area contributed by atoms with E-state index in [9.17, 15) is 19.2 Å². The Labute approximate surface area is 182 Å². The molecule has 4 aliphatic carbocycles. The van der Waals surface area contributed by atoms with Gasteiger partial charge >= 0.3 is 5.97 Å². The fourth-order valence-electron chi connectivity index (χ4n) is 5.71. The maximum atomic E-state index is 13.2. The summed E-state index contributed by atoms with van der Waals surface area (Å²) in [6, 6.07) is 9.78. The van der Waals surface area contributed by atoms with Crippen LogP contribution in [-0.4, -0.2) is 30.2 Å². The maximum Gasteiger partial charge on any atom is 0.338 e. The lowest BCUT2D eigenvalue weighted by atomic mass is 9.63. The number of carbonyl (C=O) groups excluding carboxylic acids is 4. The molecule has 6 atom stereocenters. The average Bonchev–Trinajstić information content (AvgIpc) is 3.35. The number of hydrogen-bond donors (Lipinski definition) is 0. The van der Waals surface area contributed by atoms with E-state index in [0.29, 0.717) is 22.4 Å². The number of thiophene rings is 1. The minimum Gasteiger partial charge on any atom is -0.454 e. The second-order valence-corrected chi connectivity index (χ2v) is 9.64. The van der Waals surface area contributed by atoms with E-state index in [-0.39, 0.29) is 53.4 Å². The van der Waals surface area contributed by atoms with Gasteiger partial charge in [-0.15, -0.1) is 11.3 Å². The van der Waals surface area contributed by atoms with Crippen molar-refractivity contribution in [3.63, 3.8) is 0 Å². The minimum atomic E-state index is -0.661. The minimum absolute atomic E-state index is 0.151. The summed E-state index contributed by atoms with van der Waals surface area (Å²) in [6.07, 6.45) is 5.38. The SMILES string of the molecule is O=C(OCC(=O)c1cccs1)c1cccc(N2C(=O)[C@@H]3[C@H]4C=C[C@@H]([C@@H]5C[C@@H]45)[C@@H]3C2=O)c1. The van der Waals surface area contributed by atoms with Crippen molar-refractivity contribution < 1.29 is 23.9 Å². The van der Waals surface area contributed by atoms with Gasteiger partial charge in [0.15, 0.2) is 6.61 Å². The van der Waals surface area contributed by atoms with Crippen LogP contribution in [0.4, 0.5) is 5.69 Å². The third-order valence-electron chi connectivity index (χ3n) is 7.13. The van der Waals surface area contributed by atoms with Gasteiger partial charge < -0.3 is 4.74 Å². The molecule has 7 heteroatoms. The van der Waals surface area contributed by atoms with E-state index in [1.807, 2.05) is 0 Å². The zero-order chi connectivity index (χ0) is 21.3. The molecule has 0 spiro atoms. The number of carbonyl (C=O) groups is 4. The highest BCUT2D eigenvalue weighted by molar-refractivity contribution is 7.12. The van der Waals surface area contributed by atoms with Crippen LogP contribution in [0.25, 0.3) is 0 Å². The first kappa shape index (κ1) is 18.7. The van der Waals surface area contributed by atoms with Crippen molar-refractivity contribution in [2.75, 3.05) is 11.5 Å². The largest absolute Gasteiger partial charge is 0.454 e. The number of esters is 1. The number of Topliss-reactive ketones (excluding diaryl/α,β-unsaturated/α-hetero) is 1. The lowest BCUT2D eigenvalue weighted by molar-refractivity contribution is -0.124. The van der Waals surface area contributed by atoms with Gasteiger partial charge in [-0.2, -0.15) is 0 Å². The van der Waals surface area contributed by atoms with Gasteiger partial charge in [-0.1, -0.05) is 24.3 Å². The number of rotatable bonds is 5. The van der Waals surface area contributed by atoms with E-state index in [2.05, 4.69) is 12.2 Å². The Hall–Kier alpha value is -3.06. The topological polar surface area (TPSA) is 80.8 Å². The van der Waals surface area contributed by atoms with Gasteiger partial charge in [0.1, 0.15) is 0 Å². The van der Waals surface area contributed by atoms with Crippen molar-refractivity contribution in [1.82, 2.24) is 0 Å². The van der Waals surface area contributed by atoms with Gasteiger partial charge in [0.05, 0.1) is 28.0 Å². The second-order valence-electron chi connectivity index (χ2n) is 8.69. The summed E-state index contributed by atoms with van der Waals surface area (Å²) in [6.45, 7) is -0.354. The molecule has 1 aromatic carbocycles. The molecule has 2 heterocycles. The predicted octanol–water partition coefficient (Wildman–Crippen LogP) is 3.35. The molecule has 0 N–H and O–H groups in total. The quantitative estimate of drug-likeness (QED) is 0.313. The highest BCUT2D eigenvalue weighted by Crippen LogP contribution is 2.65. The summed E-state index contributed by atoms with van der Waals surface area (Å²) in [7, 11) is 0. The Balaban J connectivity index is 1.21. The lowest BCUT2D eigenvalue weighted by Gasteiger charge is -2.37. The van der Waals surface area contributed by atoms with Crippen molar-refractivity contribution in [3.8, 4) is 0 Å². The third-order valence-corrected chi connectivity index (χ3v) is 8.04. The fourth-order valence-corrected chi connectivity index (χ4v) is 6.36. The summed E-state index contributed by atoms with van der Waals surface area (Å²) in [5.41, 5.74) is 0.590. The first-order valence-electron chi connectivity index (χ1n) is 10.4. The van der Waals surface area contributed by atoms with Crippen LogP contribution in [0.5, 0.6) is 0 Å². The molecular formula is C24H19NO5S. The van der Waals surface area contributed by atoms with Crippen LogP contribution in [0.3, 0.4) is 0 Å². The highest BCUT2D eigenvalue weighted by atomic mass is 32.1. The number of ether oxygens (including phenoxy) is 1. The van der Waals surface area contributed by atoms with Crippen LogP contribution in [0.15, 0.2) is 53.9 Å². The smallest absolute Gasteiger partial charge is 0.338 e. The predicted molar refractivity (Wildman–Crippen MR) is 113 cm³/mol. The van der Waals surface area contributed by atoms with E-state index >= 15 is 0 Å². The van der Waals surface area contributed by atoms with E-state index in [4.69, 9.17) is 4.74 Å².